The van der Waals surface area contributed by atoms with Crippen LogP contribution in [-0.4, -0.2) is 12.2 Å². The number of halogens is 1. The molecule has 0 amide bonds. The standard InChI is InChI=1S/C12H15BrOS/c1-4-8-6-7-10(12(15)14-3)11(13)9(8)5-2/h6-7H,4-5H2,1-3H3. The predicted molar refractivity (Wildman–Crippen MR) is 71.6 cm³/mol. The van der Waals surface area contributed by atoms with Crippen molar-refractivity contribution in [1.82, 2.24) is 0 Å². The van der Waals surface area contributed by atoms with Crippen molar-refractivity contribution in [2.24, 2.45) is 0 Å². The van der Waals surface area contributed by atoms with Crippen LogP contribution < -0.4 is 0 Å². The molecular formula is C12H15BrOS. The van der Waals surface area contributed by atoms with E-state index in [0.717, 1.165) is 22.9 Å². The fourth-order valence-electron chi connectivity index (χ4n) is 1.64. The largest absolute Gasteiger partial charge is 0.486 e. The Morgan fingerprint density at radius 1 is 1.33 bits per heavy atom. The summed E-state index contributed by atoms with van der Waals surface area (Å²) in [5.74, 6) is 0. The van der Waals surface area contributed by atoms with E-state index in [4.69, 9.17) is 17.0 Å². The number of rotatable bonds is 3. The van der Waals surface area contributed by atoms with Gasteiger partial charge in [-0.2, -0.15) is 0 Å². The van der Waals surface area contributed by atoms with Gasteiger partial charge in [0.15, 0.2) is 5.05 Å². The Morgan fingerprint density at radius 2 is 2.00 bits per heavy atom. The van der Waals surface area contributed by atoms with E-state index in [9.17, 15) is 0 Å². The lowest BCUT2D eigenvalue weighted by Gasteiger charge is -2.13. The monoisotopic (exact) mass is 286 g/mol. The first-order valence-corrected chi connectivity index (χ1v) is 6.24. The van der Waals surface area contributed by atoms with Crippen LogP contribution in [0.4, 0.5) is 0 Å². The average Bonchev–Trinajstić information content (AvgIpc) is 2.27. The van der Waals surface area contributed by atoms with E-state index in [1.807, 2.05) is 6.07 Å². The van der Waals surface area contributed by atoms with E-state index in [2.05, 4.69) is 35.8 Å². The van der Waals surface area contributed by atoms with E-state index < -0.39 is 0 Å². The van der Waals surface area contributed by atoms with Crippen LogP contribution in [0.1, 0.15) is 30.5 Å². The second-order valence-electron chi connectivity index (χ2n) is 3.26. The molecule has 0 saturated heterocycles. The molecule has 0 atom stereocenters. The van der Waals surface area contributed by atoms with Crippen molar-refractivity contribution < 1.29 is 4.74 Å². The molecule has 0 aliphatic carbocycles. The highest BCUT2D eigenvalue weighted by atomic mass is 79.9. The van der Waals surface area contributed by atoms with E-state index in [-0.39, 0.29) is 0 Å². The van der Waals surface area contributed by atoms with Crippen LogP contribution in [0.15, 0.2) is 16.6 Å². The van der Waals surface area contributed by atoms with Gasteiger partial charge in [0.25, 0.3) is 0 Å². The third kappa shape index (κ3) is 2.58. The van der Waals surface area contributed by atoms with Gasteiger partial charge in [-0.15, -0.1) is 0 Å². The van der Waals surface area contributed by atoms with Crippen molar-refractivity contribution >= 4 is 33.2 Å². The van der Waals surface area contributed by atoms with Gasteiger partial charge < -0.3 is 4.74 Å². The molecule has 0 bridgehead atoms. The van der Waals surface area contributed by atoms with E-state index in [1.165, 1.54) is 11.1 Å². The average molecular weight is 287 g/mol. The highest BCUT2D eigenvalue weighted by Gasteiger charge is 2.12. The fraction of sp³-hybridized carbons (Fsp3) is 0.417. The summed E-state index contributed by atoms with van der Waals surface area (Å²) in [6.45, 7) is 4.31. The Balaban J connectivity index is 3.29. The number of hydrogen-bond donors (Lipinski definition) is 0. The van der Waals surface area contributed by atoms with E-state index >= 15 is 0 Å². The van der Waals surface area contributed by atoms with Gasteiger partial charge in [0, 0.05) is 10.0 Å². The molecule has 1 nitrogen and oxygen atoms in total. The van der Waals surface area contributed by atoms with Crippen LogP contribution >= 0.6 is 28.1 Å². The molecule has 0 saturated carbocycles. The lowest BCUT2D eigenvalue weighted by atomic mass is 10.0. The minimum Gasteiger partial charge on any atom is -0.486 e. The zero-order chi connectivity index (χ0) is 11.4. The van der Waals surface area contributed by atoms with Crippen molar-refractivity contribution in [2.45, 2.75) is 26.7 Å². The molecule has 0 N–H and O–H groups in total. The first-order valence-electron chi connectivity index (χ1n) is 5.04. The summed E-state index contributed by atoms with van der Waals surface area (Å²) in [4.78, 5) is 0. The summed E-state index contributed by atoms with van der Waals surface area (Å²) >= 11 is 8.75. The van der Waals surface area contributed by atoms with Crippen molar-refractivity contribution in [2.75, 3.05) is 7.11 Å². The molecule has 0 aliphatic heterocycles. The number of hydrogen-bond acceptors (Lipinski definition) is 2. The third-order valence-corrected chi connectivity index (χ3v) is 3.77. The minimum absolute atomic E-state index is 0.541. The first-order chi connectivity index (χ1) is 7.15. The molecule has 0 aromatic heterocycles. The van der Waals surface area contributed by atoms with Crippen molar-refractivity contribution in [3.05, 3.63) is 33.3 Å². The Kier molecular flexibility index (Phi) is 4.74. The maximum absolute atomic E-state index is 5.14. The zero-order valence-corrected chi connectivity index (χ0v) is 11.7. The summed E-state index contributed by atoms with van der Waals surface area (Å²) < 4.78 is 6.17. The zero-order valence-electron chi connectivity index (χ0n) is 9.26. The number of benzene rings is 1. The highest BCUT2D eigenvalue weighted by Crippen LogP contribution is 2.27. The predicted octanol–water partition coefficient (Wildman–Crippen LogP) is 3.90. The highest BCUT2D eigenvalue weighted by molar-refractivity contribution is 9.10. The van der Waals surface area contributed by atoms with Crippen LogP contribution in [0.5, 0.6) is 0 Å². The maximum atomic E-state index is 5.14. The molecule has 0 heterocycles. The van der Waals surface area contributed by atoms with Crippen LogP contribution in [-0.2, 0) is 17.6 Å². The second kappa shape index (κ2) is 5.61. The van der Waals surface area contributed by atoms with Gasteiger partial charge in [0.1, 0.15) is 0 Å². The molecule has 0 unspecified atom stereocenters. The van der Waals surface area contributed by atoms with Gasteiger partial charge in [-0.05, 0) is 58.2 Å². The number of aryl methyl sites for hydroxylation is 1. The quantitative estimate of drug-likeness (QED) is 0.780. The third-order valence-electron chi connectivity index (χ3n) is 2.48. The van der Waals surface area contributed by atoms with E-state index in [1.54, 1.807) is 7.11 Å². The van der Waals surface area contributed by atoms with Gasteiger partial charge in [-0.25, -0.2) is 0 Å². The molecule has 0 aliphatic rings. The van der Waals surface area contributed by atoms with Crippen LogP contribution in [0.25, 0.3) is 0 Å². The Morgan fingerprint density at radius 3 is 2.47 bits per heavy atom. The molecule has 15 heavy (non-hydrogen) atoms. The Hall–Kier alpha value is -0.410. The molecule has 82 valence electrons. The molecule has 3 heteroatoms. The fourth-order valence-corrected chi connectivity index (χ4v) is 2.79. The number of ether oxygens (including phenoxy) is 1. The molecule has 0 fully saturated rings. The van der Waals surface area contributed by atoms with Gasteiger partial charge in [-0.3, -0.25) is 0 Å². The minimum atomic E-state index is 0.541. The van der Waals surface area contributed by atoms with Crippen LogP contribution in [0, 0.1) is 0 Å². The topological polar surface area (TPSA) is 9.23 Å². The van der Waals surface area contributed by atoms with Gasteiger partial charge in [0.05, 0.1) is 7.11 Å². The smallest absolute Gasteiger partial charge is 0.192 e. The number of thiocarbonyl (C=S) groups is 1. The van der Waals surface area contributed by atoms with Crippen LogP contribution in [0.3, 0.4) is 0 Å². The van der Waals surface area contributed by atoms with Gasteiger partial charge in [-0.1, -0.05) is 19.9 Å². The molecule has 1 rings (SSSR count). The normalized spacial score (nSPS) is 10.1. The molecule has 0 radical (unpaired) electrons. The summed E-state index contributed by atoms with van der Waals surface area (Å²) in [5.41, 5.74) is 3.67. The SMILES string of the molecule is CCc1ccc(C(=S)OC)c(Br)c1CC. The molecular weight excluding hydrogens is 272 g/mol. The van der Waals surface area contributed by atoms with Crippen molar-refractivity contribution in [3.8, 4) is 0 Å². The first kappa shape index (κ1) is 12.7. The lowest BCUT2D eigenvalue weighted by Crippen LogP contribution is -2.04. The summed E-state index contributed by atoms with van der Waals surface area (Å²) in [7, 11) is 1.61. The maximum Gasteiger partial charge on any atom is 0.192 e. The van der Waals surface area contributed by atoms with E-state index in [0.29, 0.717) is 5.05 Å². The summed E-state index contributed by atoms with van der Waals surface area (Å²) in [6.07, 6.45) is 2.05. The Bertz CT molecular complexity index is 374. The molecule has 1 aromatic carbocycles. The summed E-state index contributed by atoms with van der Waals surface area (Å²) in [6, 6.07) is 4.15. The Labute approximate surface area is 105 Å². The van der Waals surface area contributed by atoms with Crippen LogP contribution in [0.2, 0.25) is 0 Å². The molecule has 1 aromatic rings. The van der Waals surface area contributed by atoms with Crippen molar-refractivity contribution in [3.63, 3.8) is 0 Å². The lowest BCUT2D eigenvalue weighted by molar-refractivity contribution is 0.415. The van der Waals surface area contributed by atoms with Crippen molar-refractivity contribution in [1.29, 1.82) is 0 Å². The molecule has 0 spiro atoms. The van der Waals surface area contributed by atoms with Gasteiger partial charge >= 0.3 is 0 Å². The number of methoxy groups -OCH3 is 1. The second-order valence-corrected chi connectivity index (χ2v) is 4.43. The van der Waals surface area contributed by atoms with Gasteiger partial charge in [0.2, 0.25) is 0 Å². The summed E-state index contributed by atoms with van der Waals surface area (Å²) in [5, 5.41) is 0.541.